The van der Waals surface area contributed by atoms with Crippen molar-refractivity contribution in [1.82, 2.24) is 4.41 Å². The molecule has 0 aliphatic carbocycles. The summed E-state index contributed by atoms with van der Waals surface area (Å²) in [5, 5.41) is 4.43. The Bertz CT molecular complexity index is 930. The summed E-state index contributed by atoms with van der Waals surface area (Å²) in [6, 6.07) is 13.1. The van der Waals surface area contributed by atoms with Crippen molar-refractivity contribution in [2.75, 3.05) is 20.5 Å². The Balaban J connectivity index is 2.01. The summed E-state index contributed by atoms with van der Waals surface area (Å²) in [5.41, 5.74) is 3.60. The number of methoxy groups -OCH3 is 2. The first kappa shape index (κ1) is 19.2. The highest BCUT2D eigenvalue weighted by atomic mass is 32.2. The van der Waals surface area contributed by atoms with E-state index in [-0.39, 0.29) is 6.04 Å². The minimum absolute atomic E-state index is 0.363. The molecule has 2 aromatic carbocycles. The van der Waals surface area contributed by atoms with Crippen LogP contribution in [-0.2, 0) is 16.4 Å². The Morgan fingerprint density at radius 3 is 2.15 bits per heavy atom. The van der Waals surface area contributed by atoms with Gasteiger partial charge in [-0.25, -0.2) is 8.42 Å². The second-order valence-electron chi connectivity index (χ2n) is 6.50. The molecule has 27 heavy (non-hydrogen) atoms. The average molecular weight is 388 g/mol. The van der Waals surface area contributed by atoms with E-state index >= 15 is 0 Å². The smallest absolute Gasteiger partial charge is 0.247 e. The molecule has 0 radical (unpaired) electrons. The van der Waals surface area contributed by atoms with E-state index in [2.05, 4.69) is 12.0 Å². The number of benzene rings is 2. The van der Waals surface area contributed by atoms with Crippen molar-refractivity contribution in [1.29, 1.82) is 0 Å². The van der Waals surface area contributed by atoms with E-state index in [1.165, 1.54) is 16.2 Å². The van der Waals surface area contributed by atoms with Crippen LogP contribution >= 0.6 is 0 Å². The Kier molecular flexibility index (Phi) is 5.41. The van der Waals surface area contributed by atoms with E-state index in [9.17, 15) is 8.42 Å². The summed E-state index contributed by atoms with van der Waals surface area (Å²) in [6.07, 6.45) is 2.60. The van der Waals surface area contributed by atoms with Gasteiger partial charge in [0.2, 0.25) is 10.0 Å². The summed E-state index contributed by atoms with van der Waals surface area (Å²) < 4.78 is 36.5. The molecule has 0 saturated heterocycles. The number of hydrogen-bond donors (Lipinski definition) is 0. The van der Waals surface area contributed by atoms with Crippen LogP contribution in [-0.4, -0.2) is 39.0 Å². The van der Waals surface area contributed by atoms with E-state index in [1.54, 1.807) is 20.3 Å². The Labute approximate surface area is 160 Å². The molecular formula is C20H24N2O4S. The third-order valence-electron chi connectivity index (χ3n) is 4.67. The van der Waals surface area contributed by atoms with E-state index < -0.39 is 10.0 Å². The highest BCUT2D eigenvalue weighted by Gasteiger charge is 2.34. The summed E-state index contributed by atoms with van der Waals surface area (Å²) in [7, 11) is -0.346. The first-order valence-corrected chi connectivity index (χ1v) is 10.6. The number of aryl methyl sites for hydroxylation is 1. The van der Waals surface area contributed by atoms with Crippen LogP contribution in [0.4, 0.5) is 0 Å². The van der Waals surface area contributed by atoms with Crippen LogP contribution in [0.2, 0.25) is 0 Å². The van der Waals surface area contributed by atoms with Crippen molar-refractivity contribution < 1.29 is 17.9 Å². The van der Waals surface area contributed by atoms with Gasteiger partial charge in [0, 0.05) is 18.1 Å². The third kappa shape index (κ3) is 4.08. The monoisotopic (exact) mass is 388 g/mol. The van der Waals surface area contributed by atoms with Gasteiger partial charge >= 0.3 is 0 Å². The number of hydrazone groups is 1. The third-order valence-corrected chi connectivity index (χ3v) is 5.69. The molecule has 144 valence electrons. The van der Waals surface area contributed by atoms with Gasteiger partial charge < -0.3 is 9.47 Å². The van der Waals surface area contributed by atoms with Crippen LogP contribution in [0, 0.1) is 0 Å². The van der Waals surface area contributed by atoms with Crippen LogP contribution in [0.3, 0.4) is 0 Å². The molecule has 1 atom stereocenters. The van der Waals surface area contributed by atoms with E-state index in [0.29, 0.717) is 23.6 Å². The molecule has 0 spiro atoms. The van der Waals surface area contributed by atoms with Gasteiger partial charge in [-0.2, -0.15) is 9.52 Å². The summed E-state index contributed by atoms with van der Waals surface area (Å²) in [5.74, 6) is 1.27. The molecule has 0 bridgehead atoms. The van der Waals surface area contributed by atoms with Gasteiger partial charge in [-0.15, -0.1) is 0 Å². The molecule has 1 aliphatic rings. The van der Waals surface area contributed by atoms with Crippen molar-refractivity contribution in [3.8, 4) is 11.5 Å². The van der Waals surface area contributed by atoms with Gasteiger partial charge in [0.1, 0.15) is 11.5 Å². The first-order chi connectivity index (χ1) is 12.9. The SMILES string of the molecule is CCc1ccc(C2CC(c3cc(OC)cc(OC)c3)=NN2S(C)(=O)=O)cc1. The Morgan fingerprint density at radius 1 is 1.07 bits per heavy atom. The summed E-state index contributed by atoms with van der Waals surface area (Å²) in [4.78, 5) is 0. The molecule has 1 heterocycles. The van der Waals surface area contributed by atoms with Crippen molar-refractivity contribution in [3.63, 3.8) is 0 Å². The predicted molar refractivity (Wildman–Crippen MR) is 106 cm³/mol. The van der Waals surface area contributed by atoms with Crippen molar-refractivity contribution >= 4 is 15.7 Å². The van der Waals surface area contributed by atoms with Gasteiger partial charge in [-0.1, -0.05) is 31.2 Å². The molecule has 0 amide bonds. The lowest BCUT2D eigenvalue weighted by Gasteiger charge is -2.21. The number of ether oxygens (including phenoxy) is 2. The standard InChI is InChI=1S/C20H24N2O4S/c1-5-14-6-8-15(9-7-14)20-13-19(21-22(20)27(4,23)24)16-10-17(25-2)12-18(11-16)26-3/h6-12,20H,5,13H2,1-4H3. The van der Waals surface area contributed by atoms with Crippen LogP contribution in [0.25, 0.3) is 0 Å². The number of nitrogens with zero attached hydrogens (tertiary/aromatic N) is 2. The highest BCUT2D eigenvalue weighted by molar-refractivity contribution is 7.88. The van der Waals surface area contributed by atoms with Crippen LogP contribution in [0.5, 0.6) is 11.5 Å². The first-order valence-electron chi connectivity index (χ1n) is 8.75. The molecule has 0 aromatic heterocycles. The van der Waals surface area contributed by atoms with Crippen molar-refractivity contribution in [3.05, 3.63) is 59.2 Å². The van der Waals surface area contributed by atoms with Gasteiger partial charge in [0.15, 0.2) is 0 Å². The normalized spacial score (nSPS) is 17.0. The minimum atomic E-state index is -3.50. The van der Waals surface area contributed by atoms with Crippen molar-refractivity contribution in [2.24, 2.45) is 5.10 Å². The fourth-order valence-corrected chi connectivity index (χ4v) is 4.07. The zero-order chi connectivity index (χ0) is 19.6. The zero-order valence-electron chi connectivity index (χ0n) is 16.0. The largest absolute Gasteiger partial charge is 0.497 e. The lowest BCUT2D eigenvalue weighted by atomic mass is 9.97. The van der Waals surface area contributed by atoms with Gasteiger partial charge in [-0.05, 0) is 29.7 Å². The number of sulfonamides is 1. The quantitative estimate of drug-likeness (QED) is 0.761. The topological polar surface area (TPSA) is 68.2 Å². The molecule has 1 unspecified atom stereocenters. The fourth-order valence-electron chi connectivity index (χ4n) is 3.17. The molecule has 1 aliphatic heterocycles. The number of hydrogen-bond acceptors (Lipinski definition) is 5. The summed E-state index contributed by atoms with van der Waals surface area (Å²) in [6.45, 7) is 2.09. The molecular weight excluding hydrogens is 364 g/mol. The van der Waals surface area contributed by atoms with Crippen LogP contribution in [0.1, 0.15) is 36.1 Å². The summed E-state index contributed by atoms with van der Waals surface area (Å²) >= 11 is 0. The Hall–Kier alpha value is -2.54. The second-order valence-corrected chi connectivity index (χ2v) is 8.34. The van der Waals surface area contributed by atoms with E-state index in [1.807, 2.05) is 36.4 Å². The predicted octanol–water partition coefficient (Wildman–Crippen LogP) is 3.38. The molecule has 7 heteroatoms. The average Bonchev–Trinajstić information content (AvgIpc) is 3.13. The molecule has 3 rings (SSSR count). The Morgan fingerprint density at radius 2 is 1.67 bits per heavy atom. The molecule has 0 N–H and O–H groups in total. The fraction of sp³-hybridized carbons (Fsp3) is 0.350. The lowest BCUT2D eigenvalue weighted by molar-refractivity contribution is 0.375. The van der Waals surface area contributed by atoms with Crippen LogP contribution < -0.4 is 9.47 Å². The maximum Gasteiger partial charge on any atom is 0.247 e. The van der Waals surface area contributed by atoms with Gasteiger partial charge in [0.25, 0.3) is 0 Å². The zero-order valence-corrected chi connectivity index (χ0v) is 16.8. The maximum absolute atomic E-state index is 12.3. The second kappa shape index (κ2) is 7.60. The number of rotatable bonds is 6. The van der Waals surface area contributed by atoms with Crippen LogP contribution in [0.15, 0.2) is 47.6 Å². The molecule has 0 saturated carbocycles. The van der Waals surface area contributed by atoms with E-state index in [4.69, 9.17) is 9.47 Å². The van der Waals surface area contributed by atoms with Gasteiger partial charge in [-0.3, -0.25) is 0 Å². The molecule has 2 aromatic rings. The van der Waals surface area contributed by atoms with Gasteiger partial charge in [0.05, 0.1) is 32.2 Å². The van der Waals surface area contributed by atoms with Crippen molar-refractivity contribution in [2.45, 2.75) is 25.8 Å². The lowest BCUT2D eigenvalue weighted by Crippen LogP contribution is -2.25. The molecule has 6 nitrogen and oxygen atoms in total. The molecule has 0 fully saturated rings. The van der Waals surface area contributed by atoms with E-state index in [0.717, 1.165) is 17.5 Å². The minimum Gasteiger partial charge on any atom is -0.497 e. The highest BCUT2D eigenvalue weighted by Crippen LogP contribution is 2.36. The maximum atomic E-state index is 12.3.